The number of thiophene rings is 1. The molecule has 2 rings (SSSR count). The molecule has 0 spiro atoms. The fourth-order valence-electron chi connectivity index (χ4n) is 1.83. The molecule has 1 aliphatic rings. The molecule has 1 saturated heterocycles. The summed E-state index contributed by atoms with van der Waals surface area (Å²) < 4.78 is 0. The molecule has 18 heavy (non-hydrogen) atoms. The van der Waals surface area contributed by atoms with E-state index in [-0.39, 0.29) is 12.1 Å². The van der Waals surface area contributed by atoms with E-state index in [0.29, 0.717) is 13.1 Å². The molecule has 5 nitrogen and oxygen atoms in total. The maximum atomic E-state index is 11.8. The number of nitrogens with one attached hydrogen (secondary N) is 1. The molecule has 1 aromatic heterocycles. The molecule has 0 aromatic carbocycles. The second-order valence-corrected chi connectivity index (χ2v) is 5.88. The summed E-state index contributed by atoms with van der Waals surface area (Å²) in [6.07, 6.45) is 0. The number of aryl methyl sites for hydroxylation is 1. The lowest BCUT2D eigenvalue weighted by Gasteiger charge is -2.37. The summed E-state index contributed by atoms with van der Waals surface area (Å²) in [5.41, 5.74) is 0. The van der Waals surface area contributed by atoms with Crippen LogP contribution in [-0.4, -0.2) is 35.1 Å². The predicted octanol–water partition coefficient (Wildman–Crippen LogP) is 1.84. The van der Waals surface area contributed by atoms with E-state index in [1.165, 1.54) is 9.78 Å². The molecule has 1 unspecified atom stereocenters. The Morgan fingerprint density at radius 2 is 2.17 bits per heavy atom. The molecule has 0 saturated carbocycles. The van der Waals surface area contributed by atoms with E-state index < -0.39 is 11.9 Å². The molecule has 2 N–H and O–H groups in total. The fraction of sp³-hybridized carbons (Fsp3) is 0.500. The Labute approximate surface area is 109 Å². The number of carbonyl (C=O) groups is 2. The Kier molecular flexibility index (Phi) is 3.56. The van der Waals surface area contributed by atoms with Gasteiger partial charge in [-0.25, -0.2) is 4.79 Å². The number of nitrogens with zero attached hydrogens (tertiary/aromatic N) is 1. The van der Waals surface area contributed by atoms with Crippen molar-refractivity contribution in [3.05, 3.63) is 21.9 Å². The molecule has 1 atom stereocenters. The van der Waals surface area contributed by atoms with E-state index in [2.05, 4.69) is 5.32 Å². The molecular formula is C12H16N2O3S. The van der Waals surface area contributed by atoms with Gasteiger partial charge in [-0.15, -0.1) is 11.3 Å². The normalized spacial score (nSPS) is 17.1. The van der Waals surface area contributed by atoms with Crippen LogP contribution in [0.5, 0.6) is 0 Å². The average molecular weight is 268 g/mol. The first kappa shape index (κ1) is 12.9. The zero-order chi connectivity index (χ0) is 13.3. The highest BCUT2D eigenvalue weighted by Gasteiger charge is 2.35. The topological polar surface area (TPSA) is 69.6 Å². The van der Waals surface area contributed by atoms with Crippen LogP contribution in [0.25, 0.3) is 0 Å². The monoisotopic (exact) mass is 268 g/mol. The molecule has 0 radical (unpaired) electrons. The molecular weight excluding hydrogens is 252 g/mol. The first-order chi connectivity index (χ1) is 8.47. The van der Waals surface area contributed by atoms with E-state index in [0.717, 1.165) is 4.88 Å². The van der Waals surface area contributed by atoms with Gasteiger partial charge in [0.1, 0.15) is 0 Å². The summed E-state index contributed by atoms with van der Waals surface area (Å²) in [6, 6.07) is 3.79. The van der Waals surface area contributed by atoms with Crippen molar-refractivity contribution in [3.8, 4) is 0 Å². The van der Waals surface area contributed by atoms with E-state index in [4.69, 9.17) is 5.11 Å². The molecule has 0 aliphatic carbocycles. The van der Waals surface area contributed by atoms with Crippen molar-refractivity contribution in [2.24, 2.45) is 5.92 Å². The molecule has 1 aliphatic heterocycles. The molecule has 6 heteroatoms. The van der Waals surface area contributed by atoms with Gasteiger partial charge in [0.25, 0.3) is 0 Å². The predicted molar refractivity (Wildman–Crippen MR) is 68.7 cm³/mol. The van der Waals surface area contributed by atoms with E-state index in [1.54, 1.807) is 11.3 Å². The summed E-state index contributed by atoms with van der Waals surface area (Å²) in [6.45, 7) is 4.56. The summed E-state index contributed by atoms with van der Waals surface area (Å²) >= 11 is 1.65. The van der Waals surface area contributed by atoms with Crippen LogP contribution in [0.1, 0.15) is 22.7 Å². The Balaban J connectivity index is 1.84. The number of amides is 2. The van der Waals surface area contributed by atoms with Gasteiger partial charge in [-0.1, -0.05) is 0 Å². The molecule has 2 heterocycles. The second-order valence-electron chi connectivity index (χ2n) is 4.56. The largest absolute Gasteiger partial charge is 0.481 e. The van der Waals surface area contributed by atoms with Crippen LogP contribution >= 0.6 is 11.3 Å². The third kappa shape index (κ3) is 2.64. The third-order valence-electron chi connectivity index (χ3n) is 3.05. The van der Waals surface area contributed by atoms with Crippen molar-refractivity contribution in [1.82, 2.24) is 10.2 Å². The number of hydrogen-bond donors (Lipinski definition) is 2. The number of carbonyl (C=O) groups excluding carboxylic acids is 1. The van der Waals surface area contributed by atoms with Crippen LogP contribution in [0, 0.1) is 12.8 Å². The lowest BCUT2D eigenvalue weighted by molar-refractivity contribution is -0.146. The number of likely N-dealkylation sites (tertiary alicyclic amines) is 1. The molecule has 1 aromatic rings. The maximum Gasteiger partial charge on any atom is 0.317 e. The first-order valence-electron chi connectivity index (χ1n) is 5.82. The standard InChI is InChI=1S/C12H16N2O3S/c1-7-3-4-10(18-7)8(2)13-12(17)14-5-9(6-14)11(15)16/h3-4,8-9H,5-6H2,1-2H3,(H,13,17)(H,15,16). The van der Waals surface area contributed by atoms with Crippen molar-refractivity contribution in [2.45, 2.75) is 19.9 Å². The summed E-state index contributed by atoms with van der Waals surface area (Å²) in [4.78, 5) is 26.3. The van der Waals surface area contributed by atoms with Crippen molar-refractivity contribution in [1.29, 1.82) is 0 Å². The Bertz CT molecular complexity index is 466. The molecule has 1 fully saturated rings. The third-order valence-corrected chi connectivity index (χ3v) is 4.23. The number of aliphatic carboxylic acids is 1. The quantitative estimate of drug-likeness (QED) is 0.879. The smallest absolute Gasteiger partial charge is 0.317 e. The van der Waals surface area contributed by atoms with Gasteiger partial charge >= 0.3 is 12.0 Å². The van der Waals surface area contributed by atoms with Crippen LogP contribution in [0.3, 0.4) is 0 Å². The van der Waals surface area contributed by atoms with E-state index in [9.17, 15) is 9.59 Å². The highest BCUT2D eigenvalue weighted by atomic mass is 32.1. The minimum Gasteiger partial charge on any atom is -0.481 e. The van der Waals surface area contributed by atoms with Crippen molar-refractivity contribution >= 4 is 23.3 Å². The Morgan fingerprint density at radius 3 is 2.67 bits per heavy atom. The SMILES string of the molecule is Cc1ccc(C(C)NC(=O)N2CC(C(=O)O)C2)s1. The van der Waals surface area contributed by atoms with Gasteiger partial charge in [-0.05, 0) is 26.0 Å². The fourth-order valence-corrected chi connectivity index (χ4v) is 2.71. The highest BCUT2D eigenvalue weighted by Crippen LogP contribution is 2.23. The van der Waals surface area contributed by atoms with Crippen molar-refractivity contribution in [2.75, 3.05) is 13.1 Å². The van der Waals surface area contributed by atoms with Gasteiger partial charge in [-0.2, -0.15) is 0 Å². The summed E-state index contributed by atoms with van der Waals surface area (Å²) in [5, 5.41) is 11.6. The molecule has 98 valence electrons. The van der Waals surface area contributed by atoms with Crippen molar-refractivity contribution < 1.29 is 14.7 Å². The van der Waals surface area contributed by atoms with Gasteiger partial charge < -0.3 is 15.3 Å². The van der Waals surface area contributed by atoms with Gasteiger partial charge in [0.2, 0.25) is 0 Å². The van der Waals surface area contributed by atoms with Crippen LogP contribution in [-0.2, 0) is 4.79 Å². The van der Waals surface area contributed by atoms with Gasteiger partial charge in [0.15, 0.2) is 0 Å². The lowest BCUT2D eigenvalue weighted by atomic mass is 10.0. The van der Waals surface area contributed by atoms with Gasteiger partial charge in [0, 0.05) is 22.8 Å². The number of carboxylic acids is 1. The van der Waals surface area contributed by atoms with E-state index in [1.807, 2.05) is 26.0 Å². The van der Waals surface area contributed by atoms with Crippen LogP contribution in [0.2, 0.25) is 0 Å². The van der Waals surface area contributed by atoms with Crippen LogP contribution in [0.15, 0.2) is 12.1 Å². The lowest BCUT2D eigenvalue weighted by Crippen LogP contribution is -2.56. The minimum absolute atomic E-state index is 0.0416. The number of carboxylic acid groups (broad SMARTS) is 1. The second kappa shape index (κ2) is 4.97. The number of rotatable bonds is 3. The Morgan fingerprint density at radius 1 is 1.50 bits per heavy atom. The zero-order valence-electron chi connectivity index (χ0n) is 10.3. The number of urea groups is 1. The average Bonchev–Trinajstić information content (AvgIpc) is 2.61. The van der Waals surface area contributed by atoms with Gasteiger partial charge in [0.05, 0.1) is 12.0 Å². The zero-order valence-corrected chi connectivity index (χ0v) is 11.2. The Hall–Kier alpha value is -1.56. The summed E-state index contributed by atoms with van der Waals surface area (Å²) in [7, 11) is 0. The van der Waals surface area contributed by atoms with Gasteiger partial charge in [-0.3, -0.25) is 4.79 Å². The van der Waals surface area contributed by atoms with E-state index >= 15 is 0 Å². The maximum absolute atomic E-state index is 11.8. The first-order valence-corrected chi connectivity index (χ1v) is 6.63. The van der Waals surface area contributed by atoms with Crippen LogP contribution < -0.4 is 5.32 Å². The molecule has 0 bridgehead atoms. The number of hydrogen-bond acceptors (Lipinski definition) is 3. The minimum atomic E-state index is -0.832. The summed E-state index contributed by atoms with van der Waals surface area (Å²) in [5.74, 6) is -1.24. The molecule has 2 amide bonds. The van der Waals surface area contributed by atoms with Crippen molar-refractivity contribution in [3.63, 3.8) is 0 Å². The van der Waals surface area contributed by atoms with Crippen LogP contribution in [0.4, 0.5) is 4.79 Å². The highest BCUT2D eigenvalue weighted by molar-refractivity contribution is 7.12.